The maximum atomic E-state index is 8.96. The Morgan fingerprint density at radius 1 is 1.07 bits per heavy atom. The molecule has 0 fully saturated rings. The van der Waals surface area contributed by atoms with Crippen molar-refractivity contribution in [3.05, 3.63) is 29.3 Å². The number of benzene rings is 1. The van der Waals surface area contributed by atoms with Crippen molar-refractivity contribution in [3.63, 3.8) is 0 Å². The number of phenols is 1. The SMILES string of the molecule is CC.CC.Cc1ccc(O)cc1CO. The van der Waals surface area contributed by atoms with E-state index in [0.29, 0.717) is 0 Å². The zero-order valence-corrected chi connectivity index (χ0v) is 9.83. The van der Waals surface area contributed by atoms with Gasteiger partial charge in [0.15, 0.2) is 0 Å². The van der Waals surface area contributed by atoms with Crippen molar-refractivity contribution in [2.24, 2.45) is 0 Å². The lowest BCUT2D eigenvalue weighted by Gasteiger charge is -2.00. The van der Waals surface area contributed by atoms with E-state index in [0.717, 1.165) is 11.1 Å². The third kappa shape index (κ3) is 5.60. The molecule has 0 aromatic heterocycles. The van der Waals surface area contributed by atoms with Crippen molar-refractivity contribution >= 4 is 0 Å². The van der Waals surface area contributed by atoms with Crippen LogP contribution in [0.1, 0.15) is 38.8 Å². The summed E-state index contributed by atoms with van der Waals surface area (Å²) in [5, 5.41) is 17.7. The molecular weight excluding hydrogens is 176 g/mol. The molecule has 0 amide bonds. The standard InChI is InChI=1S/C8H10O2.2C2H6/c1-6-2-3-8(10)4-7(6)5-9;2*1-2/h2-4,9-10H,5H2,1H3;2*1-2H3. The van der Waals surface area contributed by atoms with Crippen molar-refractivity contribution in [2.45, 2.75) is 41.2 Å². The second-order valence-corrected chi connectivity index (χ2v) is 2.27. The van der Waals surface area contributed by atoms with Crippen LogP contribution in [0.2, 0.25) is 0 Å². The summed E-state index contributed by atoms with van der Waals surface area (Å²) in [6.07, 6.45) is 0. The van der Waals surface area contributed by atoms with Gasteiger partial charge in [0.05, 0.1) is 6.61 Å². The van der Waals surface area contributed by atoms with E-state index in [1.165, 1.54) is 0 Å². The molecule has 0 saturated heterocycles. The highest BCUT2D eigenvalue weighted by Crippen LogP contribution is 2.15. The Balaban J connectivity index is 0. The minimum absolute atomic E-state index is 0.0137. The summed E-state index contributed by atoms with van der Waals surface area (Å²) in [5.41, 5.74) is 1.78. The van der Waals surface area contributed by atoms with Crippen LogP contribution in [0.5, 0.6) is 5.75 Å². The molecule has 0 heterocycles. The first-order valence-corrected chi connectivity index (χ1v) is 5.13. The molecule has 0 aliphatic rings. The first-order valence-electron chi connectivity index (χ1n) is 5.13. The van der Waals surface area contributed by atoms with Gasteiger partial charge in [0, 0.05) is 0 Å². The van der Waals surface area contributed by atoms with Crippen LogP contribution in [0.3, 0.4) is 0 Å². The predicted octanol–water partition coefficient (Wildman–Crippen LogP) is 3.25. The molecule has 82 valence electrons. The Labute approximate surface area is 87.2 Å². The topological polar surface area (TPSA) is 40.5 Å². The molecule has 0 aliphatic carbocycles. The van der Waals surface area contributed by atoms with Gasteiger partial charge in [0.25, 0.3) is 0 Å². The van der Waals surface area contributed by atoms with Crippen molar-refractivity contribution in [1.29, 1.82) is 0 Å². The number of aromatic hydroxyl groups is 1. The molecule has 2 nitrogen and oxygen atoms in total. The molecule has 1 aromatic carbocycles. The van der Waals surface area contributed by atoms with Gasteiger partial charge in [0.1, 0.15) is 5.75 Å². The lowest BCUT2D eigenvalue weighted by Crippen LogP contribution is -1.86. The van der Waals surface area contributed by atoms with Crippen molar-refractivity contribution in [2.75, 3.05) is 0 Å². The molecular formula is C12H22O2. The maximum absolute atomic E-state index is 8.96. The van der Waals surface area contributed by atoms with E-state index in [4.69, 9.17) is 10.2 Å². The molecule has 0 unspecified atom stereocenters. The Kier molecular flexibility index (Phi) is 11.1. The summed E-state index contributed by atoms with van der Waals surface area (Å²) in [4.78, 5) is 0. The first-order chi connectivity index (χ1) is 6.74. The van der Waals surface area contributed by atoms with E-state index < -0.39 is 0 Å². The fourth-order valence-electron chi connectivity index (χ4n) is 0.828. The molecule has 2 N–H and O–H groups in total. The Morgan fingerprint density at radius 2 is 1.57 bits per heavy atom. The zero-order chi connectivity index (χ0) is 11.6. The van der Waals surface area contributed by atoms with Gasteiger partial charge in [0.2, 0.25) is 0 Å². The highest BCUT2D eigenvalue weighted by atomic mass is 16.3. The second-order valence-electron chi connectivity index (χ2n) is 2.27. The third-order valence-corrected chi connectivity index (χ3v) is 1.50. The number of aliphatic hydroxyl groups is 1. The van der Waals surface area contributed by atoms with Crippen LogP contribution < -0.4 is 0 Å². The van der Waals surface area contributed by atoms with Gasteiger partial charge in [-0.1, -0.05) is 33.8 Å². The zero-order valence-electron chi connectivity index (χ0n) is 9.83. The monoisotopic (exact) mass is 198 g/mol. The van der Waals surface area contributed by atoms with Gasteiger partial charge in [-0.15, -0.1) is 0 Å². The van der Waals surface area contributed by atoms with Crippen molar-refractivity contribution < 1.29 is 10.2 Å². The molecule has 2 heteroatoms. The predicted molar refractivity (Wildman–Crippen MR) is 61.5 cm³/mol. The van der Waals surface area contributed by atoms with E-state index in [2.05, 4.69) is 0 Å². The van der Waals surface area contributed by atoms with E-state index in [-0.39, 0.29) is 12.4 Å². The normalized spacial score (nSPS) is 7.86. The summed E-state index contributed by atoms with van der Waals surface area (Å²) in [6, 6.07) is 4.95. The van der Waals surface area contributed by atoms with Gasteiger partial charge in [-0.3, -0.25) is 0 Å². The average Bonchev–Trinajstić information content (AvgIpc) is 2.27. The quantitative estimate of drug-likeness (QED) is 0.727. The first kappa shape index (κ1) is 15.5. The fourth-order valence-corrected chi connectivity index (χ4v) is 0.828. The van der Waals surface area contributed by atoms with Crippen LogP contribution in [0.15, 0.2) is 18.2 Å². The van der Waals surface area contributed by atoms with E-state index in [1.54, 1.807) is 18.2 Å². The minimum atomic E-state index is -0.0137. The van der Waals surface area contributed by atoms with Gasteiger partial charge < -0.3 is 10.2 Å². The summed E-state index contributed by atoms with van der Waals surface area (Å²) < 4.78 is 0. The average molecular weight is 198 g/mol. The molecule has 14 heavy (non-hydrogen) atoms. The van der Waals surface area contributed by atoms with Crippen LogP contribution in [0.4, 0.5) is 0 Å². The smallest absolute Gasteiger partial charge is 0.115 e. The van der Waals surface area contributed by atoms with Crippen molar-refractivity contribution in [3.8, 4) is 5.75 Å². The van der Waals surface area contributed by atoms with Gasteiger partial charge in [-0.25, -0.2) is 0 Å². The Bertz CT molecular complexity index is 232. The number of hydrogen-bond donors (Lipinski definition) is 2. The summed E-state index contributed by atoms with van der Waals surface area (Å²) in [7, 11) is 0. The van der Waals surface area contributed by atoms with Crippen LogP contribution in [0, 0.1) is 6.92 Å². The highest BCUT2D eigenvalue weighted by molar-refractivity contribution is 5.33. The number of phenolic OH excluding ortho intramolecular Hbond substituents is 1. The molecule has 0 spiro atoms. The van der Waals surface area contributed by atoms with Crippen LogP contribution in [-0.2, 0) is 6.61 Å². The molecule has 0 radical (unpaired) electrons. The number of aryl methyl sites for hydroxylation is 1. The molecule has 0 bridgehead atoms. The van der Waals surface area contributed by atoms with Crippen molar-refractivity contribution in [1.82, 2.24) is 0 Å². The molecule has 0 atom stereocenters. The summed E-state index contributed by atoms with van der Waals surface area (Å²) in [5.74, 6) is 0.203. The summed E-state index contributed by atoms with van der Waals surface area (Å²) in [6.45, 7) is 9.88. The lowest BCUT2D eigenvalue weighted by atomic mass is 10.1. The highest BCUT2D eigenvalue weighted by Gasteiger charge is 1.96. The molecule has 0 aliphatic heterocycles. The van der Waals surface area contributed by atoms with Crippen LogP contribution >= 0.6 is 0 Å². The largest absolute Gasteiger partial charge is 0.508 e. The van der Waals surface area contributed by atoms with Gasteiger partial charge in [-0.05, 0) is 30.2 Å². The second kappa shape index (κ2) is 10.1. The maximum Gasteiger partial charge on any atom is 0.115 e. The Hall–Kier alpha value is -1.02. The molecule has 1 aromatic rings. The third-order valence-electron chi connectivity index (χ3n) is 1.50. The van der Waals surface area contributed by atoms with E-state index >= 15 is 0 Å². The summed E-state index contributed by atoms with van der Waals surface area (Å²) >= 11 is 0. The lowest BCUT2D eigenvalue weighted by molar-refractivity contribution is 0.280. The van der Waals surface area contributed by atoms with E-state index in [1.807, 2.05) is 34.6 Å². The number of hydrogen-bond acceptors (Lipinski definition) is 2. The van der Waals surface area contributed by atoms with Crippen LogP contribution in [-0.4, -0.2) is 10.2 Å². The molecule has 1 rings (SSSR count). The van der Waals surface area contributed by atoms with Gasteiger partial charge in [-0.2, -0.15) is 0 Å². The minimum Gasteiger partial charge on any atom is -0.508 e. The van der Waals surface area contributed by atoms with Crippen LogP contribution in [0.25, 0.3) is 0 Å². The number of rotatable bonds is 1. The fraction of sp³-hybridized carbons (Fsp3) is 0.500. The van der Waals surface area contributed by atoms with Gasteiger partial charge >= 0.3 is 0 Å². The van der Waals surface area contributed by atoms with E-state index in [9.17, 15) is 0 Å². The Morgan fingerprint density at radius 3 is 1.93 bits per heavy atom. The molecule has 0 saturated carbocycles. The number of aliphatic hydroxyl groups excluding tert-OH is 1.